The van der Waals surface area contributed by atoms with Crippen molar-refractivity contribution in [3.8, 4) is 11.5 Å². The van der Waals surface area contributed by atoms with Gasteiger partial charge in [0.25, 0.3) is 0 Å². The van der Waals surface area contributed by atoms with Gasteiger partial charge in [0.2, 0.25) is 0 Å². The minimum atomic E-state index is -1.08. The quantitative estimate of drug-likeness (QED) is 0.259. The van der Waals surface area contributed by atoms with E-state index in [-0.39, 0.29) is 11.5 Å². The molecule has 1 aromatic rings. The van der Waals surface area contributed by atoms with E-state index in [0.29, 0.717) is 19.3 Å². The van der Waals surface area contributed by atoms with Crippen LogP contribution in [-0.4, -0.2) is 39.9 Å². The van der Waals surface area contributed by atoms with E-state index in [0.717, 1.165) is 47.3 Å². The second kappa shape index (κ2) is 13.4. The molecule has 0 saturated heterocycles. The summed E-state index contributed by atoms with van der Waals surface area (Å²) in [6, 6.07) is 3.37. The Morgan fingerprint density at radius 3 is 2.36 bits per heavy atom. The van der Waals surface area contributed by atoms with Crippen molar-refractivity contribution in [1.82, 2.24) is 0 Å². The van der Waals surface area contributed by atoms with Gasteiger partial charge in [-0.05, 0) is 97.4 Å². The third kappa shape index (κ3) is 10.9. The number of carbonyl (C=O) groups is 1. The van der Waals surface area contributed by atoms with E-state index < -0.39 is 11.7 Å². The van der Waals surface area contributed by atoms with Crippen molar-refractivity contribution in [3.63, 3.8) is 0 Å². The number of aliphatic hydroxyl groups is 2. The number of phenols is 1. The van der Waals surface area contributed by atoms with Crippen molar-refractivity contribution < 1.29 is 24.9 Å². The fourth-order valence-corrected chi connectivity index (χ4v) is 3.67. The van der Waals surface area contributed by atoms with Crippen LogP contribution in [0, 0.1) is 6.92 Å². The molecule has 0 fully saturated rings. The molecule has 1 rings (SSSR count). The lowest BCUT2D eigenvalue weighted by atomic mass is 9.95. The predicted molar refractivity (Wildman–Crippen MR) is 135 cm³/mol. The number of ether oxygens (including phenoxy) is 1. The van der Waals surface area contributed by atoms with Gasteiger partial charge in [-0.3, -0.25) is 4.79 Å². The maximum Gasteiger partial charge on any atom is 0.159 e. The van der Waals surface area contributed by atoms with Crippen LogP contribution in [0.25, 0.3) is 0 Å². The Morgan fingerprint density at radius 1 is 1.09 bits per heavy atom. The number of methoxy groups -OCH3 is 1. The first-order chi connectivity index (χ1) is 15.3. The van der Waals surface area contributed by atoms with E-state index in [1.54, 1.807) is 39.2 Å². The van der Waals surface area contributed by atoms with Crippen LogP contribution < -0.4 is 4.74 Å². The molecule has 3 N–H and O–H groups in total. The molecule has 1 aromatic carbocycles. The largest absolute Gasteiger partial charge is 0.508 e. The number of allylic oxidation sites excluding steroid dienone is 6. The molecule has 1 atom stereocenters. The molecular weight excluding hydrogens is 416 g/mol. The molecule has 0 saturated carbocycles. The van der Waals surface area contributed by atoms with Crippen molar-refractivity contribution in [1.29, 1.82) is 0 Å². The van der Waals surface area contributed by atoms with Gasteiger partial charge in [-0.1, -0.05) is 28.9 Å². The first-order valence-corrected chi connectivity index (χ1v) is 11.6. The van der Waals surface area contributed by atoms with Crippen molar-refractivity contribution in [3.05, 3.63) is 58.2 Å². The van der Waals surface area contributed by atoms with Gasteiger partial charge in [0.15, 0.2) is 5.78 Å². The lowest BCUT2D eigenvalue weighted by Gasteiger charge is -2.24. The van der Waals surface area contributed by atoms with Gasteiger partial charge in [0.1, 0.15) is 11.5 Å². The minimum Gasteiger partial charge on any atom is -0.508 e. The average Bonchev–Trinajstić information content (AvgIpc) is 2.69. The number of rotatable bonds is 13. The summed E-state index contributed by atoms with van der Waals surface area (Å²) in [5, 5.41) is 29.6. The van der Waals surface area contributed by atoms with E-state index >= 15 is 0 Å². The van der Waals surface area contributed by atoms with E-state index in [2.05, 4.69) is 6.08 Å². The van der Waals surface area contributed by atoms with Crippen LogP contribution in [0.1, 0.15) is 77.8 Å². The number of aliphatic hydroxyl groups excluding tert-OH is 1. The van der Waals surface area contributed by atoms with Gasteiger partial charge in [0, 0.05) is 12.0 Å². The van der Waals surface area contributed by atoms with Gasteiger partial charge in [-0.2, -0.15) is 0 Å². The average molecular weight is 459 g/mol. The Bertz CT molecular complexity index is 884. The highest BCUT2D eigenvalue weighted by atomic mass is 16.5. The van der Waals surface area contributed by atoms with Crippen LogP contribution >= 0.6 is 0 Å². The Morgan fingerprint density at radius 2 is 1.76 bits per heavy atom. The van der Waals surface area contributed by atoms with E-state index in [4.69, 9.17) is 4.74 Å². The van der Waals surface area contributed by atoms with Crippen molar-refractivity contribution >= 4 is 5.78 Å². The molecular formula is C28H42O5. The van der Waals surface area contributed by atoms with Crippen molar-refractivity contribution in [2.45, 2.75) is 91.8 Å². The summed E-state index contributed by atoms with van der Waals surface area (Å²) in [6.45, 7) is 11.1. The molecule has 5 heteroatoms. The maximum atomic E-state index is 12.4. The molecule has 0 aromatic heterocycles. The predicted octanol–water partition coefficient (Wildman–Crippen LogP) is 5.74. The molecule has 184 valence electrons. The first kappa shape index (κ1) is 28.7. The molecule has 0 amide bonds. The van der Waals surface area contributed by atoms with Crippen LogP contribution in [-0.2, 0) is 11.2 Å². The smallest absolute Gasteiger partial charge is 0.159 e. The summed E-state index contributed by atoms with van der Waals surface area (Å²) in [6.07, 6.45) is 8.98. The minimum absolute atomic E-state index is 0.0781. The highest BCUT2D eigenvalue weighted by Crippen LogP contribution is 2.29. The lowest BCUT2D eigenvalue weighted by Crippen LogP contribution is -2.35. The van der Waals surface area contributed by atoms with Gasteiger partial charge >= 0.3 is 0 Å². The monoisotopic (exact) mass is 458 g/mol. The third-order valence-corrected chi connectivity index (χ3v) is 5.73. The lowest BCUT2D eigenvalue weighted by molar-refractivity contribution is -0.114. The van der Waals surface area contributed by atoms with E-state index in [1.807, 2.05) is 33.8 Å². The Kier molecular flexibility index (Phi) is 11.6. The summed E-state index contributed by atoms with van der Waals surface area (Å²) < 4.78 is 5.45. The highest BCUT2D eigenvalue weighted by Gasteiger charge is 2.23. The van der Waals surface area contributed by atoms with Crippen LogP contribution in [0.3, 0.4) is 0 Å². The van der Waals surface area contributed by atoms with E-state index in [9.17, 15) is 20.1 Å². The van der Waals surface area contributed by atoms with Crippen molar-refractivity contribution in [2.24, 2.45) is 0 Å². The summed E-state index contributed by atoms with van der Waals surface area (Å²) in [7, 11) is 1.62. The zero-order chi connectivity index (χ0) is 25.2. The van der Waals surface area contributed by atoms with Crippen molar-refractivity contribution in [2.75, 3.05) is 7.11 Å². The van der Waals surface area contributed by atoms with Crippen LogP contribution in [0.15, 0.2) is 47.1 Å². The molecule has 0 radical (unpaired) electrons. The molecule has 5 nitrogen and oxygen atoms in total. The summed E-state index contributed by atoms with van der Waals surface area (Å²) in [5.74, 6) is 1.05. The number of aryl methyl sites for hydroxylation is 1. The Hall–Kier alpha value is -2.37. The molecule has 33 heavy (non-hydrogen) atoms. The Balaban J connectivity index is 2.55. The topological polar surface area (TPSA) is 87.0 Å². The number of aromatic hydroxyl groups is 1. The molecule has 0 spiro atoms. The second-order valence-corrected chi connectivity index (χ2v) is 9.64. The molecule has 0 aliphatic heterocycles. The fraction of sp³-hybridized carbons (Fsp3) is 0.536. The standard InChI is InChI=1S/C28H42O5/c1-19(12-14-26(31)28(5,6)32)9-8-10-20(2)15-24(29)16-21(3)11-13-23-18-25(30)17-22(4)27(23)33-7/h9,11,15,17-18,26,30-32H,8,10,12-14,16H2,1-7H3. The zero-order valence-corrected chi connectivity index (χ0v) is 21.4. The summed E-state index contributed by atoms with van der Waals surface area (Å²) in [5.41, 5.74) is 3.89. The summed E-state index contributed by atoms with van der Waals surface area (Å²) >= 11 is 0. The molecule has 0 bridgehead atoms. The number of benzene rings is 1. The number of ketones is 1. The van der Waals surface area contributed by atoms with Crippen LogP contribution in [0.5, 0.6) is 11.5 Å². The molecule has 0 aliphatic rings. The third-order valence-electron chi connectivity index (χ3n) is 5.73. The SMILES string of the molecule is COc1c(C)cc(O)cc1CC=C(C)CC(=O)C=C(C)CCC=C(C)CCC(O)C(C)(C)O. The van der Waals surface area contributed by atoms with Gasteiger partial charge in [-0.25, -0.2) is 0 Å². The normalized spacial score (nSPS) is 14.4. The highest BCUT2D eigenvalue weighted by molar-refractivity contribution is 5.91. The number of carbonyl (C=O) groups excluding carboxylic acids is 1. The second-order valence-electron chi connectivity index (χ2n) is 9.64. The van der Waals surface area contributed by atoms with Gasteiger partial charge in [0.05, 0.1) is 18.8 Å². The molecule has 0 aliphatic carbocycles. The van der Waals surface area contributed by atoms with Gasteiger partial charge < -0.3 is 20.1 Å². The molecule has 1 unspecified atom stereocenters. The summed E-state index contributed by atoms with van der Waals surface area (Å²) in [4.78, 5) is 12.4. The number of hydrogen-bond acceptors (Lipinski definition) is 5. The van der Waals surface area contributed by atoms with Crippen LogP contribution in [0.4, 0.5) is 0 Å². The first-order valence-electron chi connectivity index (χ1n) is 11.6. The van der Waals surface area contributed by atoms with E-state index in [1.165, 1.54) is 5.57 Å². The Labute approximate surface area is 199 Å². The van der Waals surface area contributed by atoms with Gasteiger partial charge in [-0.15, -0.1) is 0 Å². The zero-order valence-electron chi connectivity index (χ0n) is 21.4. The number of hydrogen-bond donors (Lipinski definition) is 3. The fourth-order valence-electron chi connectivity index (χ4n) is 3.67. The number of phenolic OH excluding ortho intramolecular Hbond substituents is 1. The maximum absolute atomic E-state index is 12.4. The molecule has 0 heterocycles. The van der Waals surface area contributed by atoms with Crippen LogP contribution in [0.2, 0.25) is 0 Å².